The average Bonchev–Trinajstić information content (AvgIpc) is 2.77. The molecule has 0 radical (unpaired) electrons. The number of amides is 2. The van der Waals surface area contributed by atoms with Crippen molar-refractivity contribution in [3.8, 4) is 0 Å². The molecule has 182 valence electrons. The van der Waals surface area contributed by atoms with Gasteiger partial charge < -0.3 is 15.1 Å². The molecule has 2 aliphatic rings. The zero-order valence-electron chi connectivity index (χ0n) is 18.9. The van der Waals surface area contributed by atoms with E-state index in [1.54, 1.807) is 24.0 Å². The van der Waals surface area contributed by atoms with E-state index >= 15 is 0 Å². The van der Waals surface area contributed by atoms with Crippen LogP contribution in [0.15, 0.2) is 30.3 Å². The SMILES string of the molecule is CC(=O)N1CCC(Nc2cc(Cl)c(N3CC(Cc4ccc(F)cc4F)CCC3=O)c(Cl)c2)CC1. The van der Waals surface area contributed by atoms with E-state index in [9.17, 15) is 18.4 Å². The molecule has 34 heavy (non-hydrogen) atoms. The van der Waals surface area contributed by atoms with Crippen LogP contribution in [0.3, 0.4) is 0 Å². The first kappa shape index (κ1) is 24.7. The predicted octanol–water partition coefficient (Wildman–Crippen LogP) is 5.68. The van der Waals surface area contributed by atoms with Crippen molar-refractivity contribution in [3.63, 3.8) is 0 Å². The maximum atomic E-state index is 14.1. The predicted molar refractivity (Wildman–Crippen MR) is 130 cm³/mol. The molecule has 2 aromatic carbocycles. The molecule has 2 heterocycles. The number of hydrogen-bond acceptors (Lipinski definition) is 3. The quantitative estimate of drug-likeness (QED) is 0.563. The third-order valence-corrected chi connectivity index (χ3v) is 7.21. The number of nitrogens with one attached hydrogen (secondary N) is 1. The molecule has 0 aromatic heterocycles. The number of piperidine rings is 2. The highest BCUT2D eigenvalue weighted by atomic mass is 35.5. The third kappa shape index (κ3) is 5.63. The van der Waals surface area contributed by atoms with Crippen LogP contribution in [0.1, 0.15) is 38.2 Å². The van der Waals surface area contributed by atoms with E-state index in [4.69, 9.17) is 23.2 Å². The number of benzene rings is 2. The topological polar surface area (TPSA) is 52.7 Å². The Balaban J connectivity index is 1.46. The first-order valence-corrected chi connectivity index (χ1v) is 12.2. The van der Waals surface area contributed by atoms with Gasteiger partial charge in [-0.3, -0.25) is 9.59 Å². The molecule has 1 N–H and O–H groups in total. The molecule has 0 spiro atoms. The Hall–Kier alpha value is -2.38. The summed E-state index contributed by atoms with van der Waals surface area (Å²) in [6, 6.07) is 7.29. The lowest BCUT2D eigenvalue weighted by molar-refractivity contribution is -0.129. The molecule has 2 aromatic rings. The number of carbonyl (C=O) groups is 2. The van der Waals surface area contributed by atoms with E-state index < -0.39 is 11.6 Å². The van der Waals surface area contributed by atoms with Gasteiger partial charge in [0.25, 0.3) is 0 Å². The summed E-state index contributed by atoms with van der Waals surface area (Å²) in [4.78, 5) is 27.7. The van der Waals surface area contributed by atoms with E-state index in [-0.39, 0.29) is 23.8 Å². The highest BCUT2D eigenvalue weighted by molar-refractivity contribution is 6.40. The van der Waals surface area contributed by atoms with Gasteiger partial charge in [-0.25, -0.2) is 8.78 Å². The summed E-state index contributed by atoms with van der Waals surface area (Å²) in [5.41, 5.74) is 1.64. The van der Waals surface area contributed by atoms with Gasteiger partial charge in [0.2, 0.25) is 11.8 Å². The molecular formula is C25H27Cl2F2N3O2. The summed E-state index contributed by atoms with van der Waals surface area (Å²) in [6.07, 6.45) is 2.95. The molecule has 9 heteroatoms. The van der Waals surface area contributed by atoms with E-state index in [0.717, 1.165) is 24.6 Å². The van der Waals surface area contributed by atoms with Crippen LogP contribution in [0.5, 0.6) is 0 Å². The Morgan fingerprint density at radius 3 is 2.38 bits per heavy atom. The molecule has 1 atom stereocenters. The molecule has 1 unspecified atom stereocenters. The maximum Gasteiger partial charge on any atom is 0.227 e. The first-order chi connectivity index (χ1) is 16.2. The molecule has 0 bridgehead atoms. The molecule has 2 amide bonds. The first-order valence-electron chi connectivity index (χ1n) is 11.5. The van der Waals surface area contributed by atoms with Gasteiger partial charge in [0.05, 0.1) is 15.7 Å². The van der Waals surface area contributed by atoms with Crippen LogP contribution in [-0.4, -0.2) is 42.4 Å². The van der Waals surface area contributed by atoms with E-state index in [1.807, 2.05) is 4.90 Å². The van der Waals surface area contributed by atoms with Gasteiger partial charge in [0.15, 0.2) is 0 Å². The van der Waals surface area contributed by atoms with Crippen molar-refractivity contribution < 1.29 is 18.4 Å². The Kier molecular flexibility index (Phi) is 7.63. The zero-order valence-corrected chi connectivity index (χ0v) is 20.4. The Bertz CT molecular complexity index is 1070. The summed E-state index contributed by atoms with van der Waals surface area (Å²) in [7, 11) is 0. The highest BCUT2D eigenvalue weighted by Gasteiger charge is 2.30. The summed E-state index contributed by atoms with van der Waals surface area (Å²) < 4.78 is 27.4. The van der Waals surface area contributed by atoms with Crippen molar-refractivity contribution >= 4 is 46.4 Å². The number of carbonyl (C=O) groups excluding carboxylic acids is 2. The molecule has 4 rings (SSSR count). The summed E-state index contributed by atoms with van der Waals surface area (Å²) in [5, 5.41) is 4.15. The van der Waals surface area contributed by atoms with Gasteiger partial charge in [-0.1, -0.05) is 29.3 Å². The van der Waals surface area contributed by atoms with Crippen molar-refractivity contribution in [2.24, 2.45) is 5.92 Å². The van der Waals surface area contributed by atoms with Crippen molar-refractivity contribution in [3.05, 3.63) is 57.6 Å². The second kappa shape index (κ2) is 10.5. The molecule has 2 fully saturated rings. The van der Waals surface area contributed by atoms with Gasteiger partial charge in [-0.2, -0.15) is 0 Å². The highest BCUT2D eigenvalue weighted by Crippen LogP contribution is 2.40. The molecule has 2 aliphatic heterocycles. The lowest BCUT2D eigenvalue weighted by Crippen LogP contribution is -2.41. The zero-order chi connectivity index (χ0) is 24.4. The van der Waals surface area contributed by atoms with E-state index in [0.29, 0.717) is 60.2 Å². The minimum absolute atomic E-state index is 0.00550. The van der Waals surface area contributed by atoms with Crippen molar-refractivity contribution in [1.82, 2.24) is 4.90 Å². The van der Waals surface area contributed by atoms with E-state index in [2.05, 4.69) is 5.32 Å². The van der Waals surface area contributed by atoms with Gasteiger partial charge >= 0.3 is 0 Å². The van der Waals surface area contributed by atoms with Crippen LogP contribution in [0.2, 0.25) is 10.0 Å². The molecular weight excluding hydrogens is 483 g/mol. The van der Waals surface area contributed by atoms with Crippen LogP contribution in [0.25, 0.3) is 0 Å². The van der Waals surface area contributed by atoms with E-state index in [1.165, 1.54) is 12.1 Å². The summed E-state index contributed by atoms with van der Waals surface area (Å²) in [6.45, 7) is 3.33. The van der Waals surface area contributed by atoms with Crippen molar-refractivity contribution in [1.29, 1.82) is 0 Å². The lowest BCUT2D eigenvalue weighted by atomic mass is 9.90. The van der Waals surface area contributed by atoms with Crippen LogP contribution in [-0.2, 0) is 16.0 Å². The Morgan fingerprint density at radius 1 is 1.09 bits per heavy atom. The Morgan fingerprint density at radius 2 is 1.76 bits per heavy atom. The largest absolute Gasteiger partial charge is 0.382 e. The standard InChI is InChI=1S/C25H27Cl2F2N3O2/c1-15(33)31-8-6-19(7-9-31)30-20-12-21(26)25(22(27)13-20)32-14-16(2-5-24(32)34)10-17-3-4-18(28)11-23(17)29/h3-4,11-13,16,19,30H,2,5-10,14H2,1H3. The maximum absolute atomic E-state index is 14.1. The van der Waals surface area contributed by atoms with Crippen LogP contribution < -0.4 is 10.2 Å². The fraction of sp³-hybridized carbons (Fsp3) is 0.440. The van der Waals surface area contributed by atoms with Gasteiger partial charge in [0.1, 0.15) is 11.6 Å². The molecule has 0 saturated carbocycles. The van der Waals surface area contributed by atoms with Crippen LogP contribution in [0.4, 0.5) is 20.2 Å². The normalized spacial score (nSPS) is 19.4. The second-order valence-electron chi connectivity index (χ2n) is 9.06. The number of rotatable bonds is 5. The van der Waals surface area contributed by atoms with Gasteiger partial charge in [0, 0.05) is 50.8 Å². The van der Waals surface area contributed by atoms with Crippen LogP contribution in [0, 0.1) is 17.6 Å². The fourth-order valence-electron chi connectivity index (χ4n) is 4.78. The van der Waals surface area contributed by atoms with Crippen molar-refractivity contribution in [2.45, 2.75) is 45.1 Å². The van der Waals surface area contributed by atoms with Gasteiger partial charge in [-0.15, -0.1) is 0 Å². The molecule has 2 saturated heterocycles. The number of likely N-dealkylation sites (tertiary alicyclic amines) is 1. The summed E-state index contributed by atoms with van der Waals surface area (Å²) in [5.74, 6) is -1.20. The number of nitrogens with zero attached hydrogens (tertiary/aromatic N) is 2. The monoisotopic (exact) mass is 509 g/mol. The lowest BCUT2D eigenvalue weighted by Gasteiger charge is -2.34. The van der Waals surface area contributed by atoms with Gasteiger partial charge in [-0.05, 0) is 55.4 Å². The minimum Gasteiger partial charge on any atom is -0.382 e. The second-order valence-corrected chi connectivity index (χ2v) is 9.88. The molecule has 0 aliphatic carbocycles. The number of hydrogen-bond donors (Lipinski definition) is 1. The van der Waals surface area contributed by atoms with Crippen LogP contribution >= 0.6 is 23.2 Å². The average molecular weight is 510 g/mol. The number of anilines is 2. The number of halogens is 4. The summed E-state index contributed by atoms with van der Waals surface area (Å²) >= 11 is 13.2. The minimum atomic E-state index is -0.613. The smallest absolute Gasteiger partial charge is 0.227 e. The fourth-order valence-corrected chi connectivity index (χ4v) is 5.47. The third-order valence-electron chi connectivity index (χ3n) is 6.63. The Labute approximate surface area is 208 Å². The van der Waals surface area contributed by atoms with Crippen molar-refractivity contribution in [2.75, 3.05) is 29.9 Å². The molecule has 5 nitrogen and oxygen atoms in total.